The first-order chi connectivity index (χ1) is 13.6. The van der Waals surface area contributed by atoms with Gasteiger partial charge >= 0.3 is 0 Å². The van der Waals surface area contributed by atoms with Gasteiger partial charge in [-0.1, -0.05) is 13.5 Å². The quantitative estimate of drug-likeness (QED) is 0.625. The van der Waals surface area contributed by atoms with Gasteiger partial charge in [0.05, 0.1) is 11.0 Å². The molecule has 2 fully saturated rings. The van der Waals surface area contributed by atoms with Crippen molar-refractivity contribution in [2.75, 3.05) is 31.1 Å². The number of benzene rings is 1. The monoisotopic (exact) mass is 426 g/mol. The highest BCUT2D eigenvalue weighted by Gasteiger charge is 2.43. The summed E-state index contributed by atoms with van der Waals surface area (Å²) in [6, 6.07) is 8.57. The molecular formula is C23H31ClN6. The topological polar surface area (TPSA) is 58.0 Å². The zero-order valence-corrected chi connectivity index (χ0v) is 17.8. The number of fused-ring (bicyclic) bond motifs is 1. The van der Waals surface area contributed by atoms with Gasteiger partial charge < -0.3 is 4.90 Å². The second-order valence-electron chi connectivity index (χ2n) is 8.43. The highest BCUT2D eigenvalue weighted by atomic mass is 35.5. The summed E-state index contributed by atoms with van der Waals surface area (Å²) in [5, 5.41) is 0. The largest absolute Gasteiger partial charge is 0.356 e. The molecular weight excluding hydrogens is 396 g/mol. The Morgan fingerprint density at radius 3 is 2.50 bits per heavy atom. The molecule has 0 N–H and O–H groups in total. The maximum absolute atomic E-state index is 4.67. The van der Waals surface area contributed by atoms with E-state index in [1.807, 2.05) is 6.92 Å². The minimum Gasteiger partial charge on any atom is -0.356 e. The van der Waals surface area contributed by atoms with E-state index in [0.717, 1.165) is 61.1 Å². The lowest BCUT2D eigenvalue weighted by atomic mass is 9.86. The van der Waals surface area contributed by atoms with Crippen LogP contribution >= 0.6 is 12.4 Å². The van der Waals surface area contributed by atoms with E-state index >= 15 is 0 Å². The number of aryl methyl sites for hydroxylation is 2. The summed E-state index contributed by atoms with van der Waals surface area (Å²) in [5.41, 5.74) is 4.71. The van der Waals surface area contributed by atoms with Crippen molar-refractivity contribution in [3.63, 3.8) is 0 Å². The van der Waals surface area contributed by atoms with Crippen LogP contribution in [0.1, 0.15) is 37.4 Å². The van der Waals surface area contributed by atoms with E-state index in [9.17, 15) is 0 Å². The average Bonchev–Trinajstić information content (AvgIpc) is 3.28. The number of hydrogen-bond acceptors (Lipinski definition) is 6. The Bertz CT molecular complexity index is 1010. The number of rotatable bonds is 3. The number of aromatic nitrogens is 4. The van der Waals surface area contributed by atoms with Gasteiger partial charge in [0.2, 0.25) is 0 Å². The molecule has 5 rings (SSSR count). The zero-order valence-electron chi connectivity index (χ0n) is 17.0. The lowest BCUT2D eigenvalue weighted by molar-refractivity contribution is 0.270. The van der Waals surface area contributed by atoms with Crippen molar-refractivity contribution in [2.45, 2.75) is 40.7 Å². The maximum Gasteiger partial charge on any atom is 0.132 e. The highest BCUT2D eigenvalue weighted by molar-refractivity contribution is 5.85. The molecule has 2 saturated heterocycles. The Morgan fingerprint density at radius 1 is 0.933 bits per heavy atom. The van der Waals surface area contributed by atoms with Crippen LogP contribution in [0.25, 0.3) is 11.0 Å². The van der Waals surface area contributed by atoms with Crippen LogP contribution in [0.5, 0.6) is 0 Å². The van der Waals surface area contributed by atoms with Crippen LogP contribution in [0.15, 0.2) is 36.7 Å². The molecule has 0 saturated carbocycles. The van der Waals surface area contributed by atoms with Gasteiger partial charge in [0.1, 0.15) is 11.6 Å². The molecule has 4 heterocycles. The van der Waals surface area contributed by atoms with Crippen LogP contribution in [0, 0.1) is 19.3 Å². The fourth-order valence-corrected chi connectivity index (χ4v) is 4.85. The minimum atomic E-state index is 0. The average molecular weight is 427 g/mol. The second kappa shape index (κ2) is 8.82. The fraction of sp³-hybridized carbons (Fsp3) is 0.478. The first kappa shape index (κ1) is 22.4. The third kappa shape index (κ3) is 4.40. The summed E-state index contributed by atoms with van der Waals surface area (Å²) in [7, 11) is 0. The van der Waals surface area contributed by atoms with Crippen molar-refractivity contribution >= 4 is 29.3 Å². The normalized spacial score (nSPS) is 21.1. The van der Waals surface area contributed by atoms with Gasteiger partial charge in [0, 0.05) is 55.7 Å². The second-order valence-corrected chi connectivity index (χ2v) is 8.43. The van der Waals surface area contributed by atoms with E-state index in [-0.39, 0.29) is 19.8 Å². The van der Waals surface area contributed by atoms with E-state index in [2.05, 4.69) is 60.9 Å². The molecule has 1 atom stereocenters. The van der Waals surface area contributed by atoms with Gasteiger partial charge in [-0.15, -0.1) is 12.4 Å². The lowest BCUT2D eigenvalue weighted by Crippen LogP contribution is -2.31. The number of nitrogens with zero attached hydrogens (tertiary/aromatic N) is 6. The molecule has 160 valence electrons. The molecule has 1 spiro atoms. The zero-order chi connectivity index (χ0) is 19.1. The number of anilines is 1. The molecule has 0 aliphatic carbocycles. The molecule has 3 aromatic rings. The smallest absolute Gasteiger partial charge is 0.132 e. The summed E-state index contributed by atoms with van der Waals surface area (Å²) in [6.07, 6.45) is 6.02. The van der Waals surface area contributed by atoms with Crippen molar-refractivity contribution in [2.24, 2.45) is 5.41 Å². The number of halogens is 1. The summed E-state index contributed by atoms with van der Waals surface area (Å²) < 4.78 is 0. The van der Waals surface area contributed by atoms with E-state index in [4.69, 9.17) is 0 Å². The SMILES string of the molecule is C.Cc1cc(N2CCC3(CCN(Cc4ccc5nccnc5c4)C3)C2)nc(C)n1.Cl. The molecule has 0 amide bonds. The third-order valence-electron chi connectivity index (χ3n) is 6.17. The lowest BCUT2D eigenvalue weighted by Gasteiger charge is -2.25. The molecule has 0 radical (unpaired) electrons. The van der Waals surface area contributed by atoms with Crippen LogP contribution < -0.4 is 4.90 Å². The number of hydrogen-bond donors (Lipinski definition) is 0. The van der Waals surface area contributed by atoms with E-state index in [1.54, 1.807) is 12.4 Å². The molecule has 30 heavy (non-hydrogen) atoms. The van der Waals surface area contributed by atoms with Crippen LogP contribution in [0.4, 0.5) is 5.82 Å². The van der Waals surface area contributed by atoms with Crippen LogP contribution in [-0.4, -0.2) is 51.0 Å². The summed E-state index contributed by atoms with van der Waals surface area (Å²) >= 11 is 0. The molecule has 7 heteroatoms. The van der Waals surface area contributed by atoms with Crippen molar-refractivity contribution < 1.29 is 0 Å². The van der Waals surface area contributed by atoms with Crippen LogP contribution in [-0.2, 0) is 6.54 Å². The summed E-state index contributed by atoms with van der Waals surface area (Å²) in [6.45, 7) is 9.53. The van der Waals surface area contributed by atoms with Gasteiger partial charge in [-0.25, -0.2) is 9.97 Å². The predicted octanol–water partition coefficient (Wildman–Crippen LogP) is 4.20. The first-order valence-electron chi connectivity index (χ1n) is 10.1. The molecule has 6 nitrogen and oxygen atoms in total. The Hall–Kier alpha value is -2.31. The summed E-state index contributed by atoms with van der Waals surface area (Å²) in [4.78, 5) is 23.0. The Kier molecular flexibility index (Phi) is 6.58. The van der Waals surface area contributed by atoms with Gasteiger partial charge in [0.25, 0.3) is 0 Å². The van der Waals surface area contributed by atoms with Gasteiger partial charge in [-0.2, -0.15) is 0 Å². The van der Waals surface area contributed by atoms with Crippen molar-refractivity contribution in [3.8, 4) is 0 Å². The van der Waals surface area contributed by atoms with Gasteiger partial charge in [-0.3, -0.25) is 14.9 Å². The maximum atomic E-state index is 4.67. The summed E-state index contributed by atoms with van der Waals surface area (Å²) in [5.74, 6) is 1.96. The Morgan fingerprint density at radius 2 is 1.70 bits per heavy atom. The fourth-order valence-electron chi connectivity index (χ4n) is 4.85. The molecule has 2 aromatic heterocycles. The predicted molar refractivity (Wildman–Crippen MR) is 124 cm³/mol. The van der Waals surface area contributed by atoms with Gasteiger partial charge in [-0.05, 0) is 50.9 Å². The third-order valence-corrected chi connectivity index (χ3v) is 6.17. The standard InChI is InChI=1S/C22H26N6.CH4.ClH/c1-16-11-21(26-17(2)25-16)28-10-6-22(15-28)5-9-27(14-22)13-18-3-4-19-20(12-18)24-8-7-23-19;;/h3-4,7-8,11-12H,5-6,9-10,13-15H2,1-2H3;1H4;1H. The molecule has 1 unspecified atom stereocenters. The van der Waals surface area contributed by atoms with Gasteiger partial charge in [0.15, 0.2) is 0 Å². The molecule has 1 aromatic carbocycles. The Labute approximate surface area is 185 Å². The van der Waals surface area contributed by atoms with Crippen molar-refractivity contribution in [3.05, 3.63) is 53.7 Å². The van der Waals surface area contributed by atoms with Crippen molar-refractivity contribution in [1.29, 1.82) is 0 Å². The van der Waals surface area contributed by atoms with E-state index < -0.39 is 0 Å². The highest BCUT2D eigenvalue weighted by Crippen LogP contribution is 2.41. The molecule has 2 aliphatic rings. The number of likely N-dealkylation sites (tertiary alicyclic amines) is 1. The first-order valence-corrected chi connectivity index (χ1v) is 10.1. The van der Waals surface area contributed by atoms with E-state index in [1.165, 1.54) is 18.4 Å². The Balaban J connectivity index is 0.00000128. The molecule has 0 bridgehead atoms. The van der Waals surface area contributed by atoms with E-state index in [0.29, 0.717) is 5.41 Å². The molecule has 2 aliphatic heterocycles. The minimum absolute atomic E-state index is 0. The van der Waals surface area contributed by atoms with Crippen molar-refractivity contribution in [1.82, 2.24) is 24.8 Å². The van der Waals surface area contributed by atoms with Crippen LogP contribution in [0.2, 0.25) is 0 Å². The van der Waals surface area contributed by atoms with Crippen LogP contribution in [0.3, 0.4) is 0 Å².